The summed E-state index contributed by atoms with van der Waals surface area (Å²) in [5, 5.41) is 9.12. The Bertz CT molecular complexity index is 563. The van der Waals surface area contributed by atoms with Gasteiger partial charge in [-0.15, -0.1) is 0 Å². The van der Waals surface area contributed by atoms with Crippen molar-refractivity contribution in [1.82, 2.24) is 4.90 Å². The van der Waals surface area contributed by atoms with Gasteiger partial charge in [0.05, 0.1) is 5.92 Å². The van der Waals surface area contributed by atoms with Gasteiger partial charge in [-0.25, -0.2) is 0 Å². The van der Waals surface area contributed by atoms with E-state index in [-0.39, 0.29) is 17.2 Å². The summed E-state index contributed by atoms with van der Waals surface area (Å²) in [6.45, 7) is 1.24. The summed E-state index contributed by atoms with van der Waals surface area (Å²) in [5.41, 5.74) is 0.794. The number of carbonyl (C=O) groups is 2. The Labute approximate surface area is 129 Å². The lowest BCUT2D eigenvalue weighted by Crippen LogP contribution is -2.42. The highest BCUT2D eigenvalue weighted by Crippen LogP contribution is 2.59. The zero-order chi connectivity index (χ0) is 15.7. The van der Waals surface area contributed by atoms with E-state index in [1.165, 1.54) is 0 Å². The predicted molar refractivity (Wildman–Crippen MR) is 80.2 cm³/mol. The molecule has 22 heavy (non-hydrogen) atoms. The summed E-state index contributed by atoms with van der Waals surface area (Å²) < 4.78 is 5.39. The average Bonchev–Trinajstić information content (AvgIpc) is 3.24. The van der Waals surface area contributed by atoms with E-state index >= 15 is 0 Å². The van der Waals surface area contributed by atoms with Crippen molar-refractivity contribution in [3.8, 4) is 0 Å². The molecule has 1 aliphatic carbocycles. The maximum absolute atomic E-state index is 12.7. The molecule has 5 nitrogen and oxygen atoms in total. The van der Waals surface area contributed by atoms with Gasteiger partial charge in [-0.05, 0) is 30.2 Å². The highest BCUT2D eigenvalue weighted by molar-refractivity contribution is 5.82. The summed E-state index contributed by atoms with van der Waals surface area (Å²) in [6, 6.07) is 9.46. The number of amides is 1. The van der Waals surface area contributed by atoms with Crippen molar-refractivity contribution >= 4 is 11.9 Å². The van der Waals surface area contributed by atoms with E-state index in [2.05, 4.69) is 0 Å². The van der Waals surface area contributed by atoms with Crippen LogP contribution in [-0.4, -0.2) is 42.1 Å². The predicted octanol–water partition coefficient (Wildman–Crippen LogP) is 2.09. The number of carboxylic acids is 1. The van der Waals surface area contributed by atoms with Crippen LogP contribution in [0.25, 0.3) is 0 Å². The smallest absolute Gasteiger partial charge is 0.307 e. The molecule has 3 rings (SSSR count). The van der Waals surface area contributed by atoms with Crippen molar-refractivity contribution in [2.75, 3.05) is 20.2 Å². The zero-order valence-electron chi connectivity index (χ0n) is 12.7. The summed E-state index contributed by atoms with van der Waals surface area (Å²) in [7, 11) is 1.54. The van der Waals surface area contributed by atoms with E-state index in [9.17, 15) is 9.59 Å². The van der Waals surface area contributed by atoms with Crippen LogP contribution in [0.4, 0.5) is 0 Å². The second-order valence-corrected chi connectivity index (χ2v) is 6.31. The number of likely N-dealkylation sites (tertiary alicyclic amines) is 1. The molecule has 1 amide bonds. The first kappa shape index (κ1) is 15.0. The largest absolute Gasteiger partial charge is 0.481 e. The number of piperidine rings is 1. The minimum atomic E-state index is -0.696. The number of methoxy groups -OCH3 is 1. The second kappa shape index (κ2) is 5.72. The van der Waals surface area contributed by atoms with Gasteiger partial charge in [0.2, 0.25) is 0 Å². The van der Waals surface area contributed by atoms with Crippen LogP contribution >= 0.6 is 0 Å². The van der Waals surface area contributed by atoms with Crippen LogP contribution in [0.15, 0.2) is 30.3 Å². The minimum Gasteiger partial charge on any atom is -0.481 e. The second-order valence-electron chi connectivity index (χ2n) is 6.31. The lowest BCUT2D eigenvalue weighted by molar-refractivity contribution is -0.144. The summed E-state index contributed by atoms with van der Waals surface area (Å²) in [6.07, 6.45) is 1.74. The number of benzene rings is 1. The summed E-state index contributed by atoms with van der Waals surface area (Å²) >= 11 is 0. The lowest BCUT2D eigenvalue weighted by Gasteiger charge is -2.34. The average molecular weight is 303 g/mol. The molecule has 0 radical (unpaired) electrons. The number of rotatable bonds is 4. The Morgan fingerprint density at radius 2 is 1.91 bits per heavy atom. The third kappa shape index (κ3) is 2.61. The number of hydrogen-bond acceptors (Lipinski definition) is 3. The van der Waals surface area contributed by atoms with Crippen LogP contribution in [0.5, 0.6) is 0 Å². The molecule has 2 atom stereocenters. The number of hydrogen-bond donors (Lipinski definition) is 1. The zero-order valence-corrected chi connectivity index (χ0v) is 12.7. The van der Waals surface area contributed by atoms with E-state index in [1.807, 2.05) is 35.2 Å². The molecule has 5 heteroatoms. The summed E-state index contributed by atoms with van der Waals surface area (Å²) in [4.78, 5) is 25.6. The third-order valence-electron chi connectivity index (χ3n) is 5.12. The Balaban J connectivity index is 1.63. The van der Waals surface area contributed by atoms with Crippen molar-refractivity contribution < 1.29 is 19.4 Å². The Morgan fingerprint density at radius 1 is 1.27 bits per heavy atom. The van der Waals surface area contributed by atoms with Gasteiger partial charge in [0, 0.05) is 20.2 Å². The van der Waals surface area contributed by atoms with Crippen LogP contribution in [-0.2, 0) is 14.3 Å². The van der Waals surface area contributed by atoms with Crippen LogP contribution < -0.4 is 0 Å². The molecule has 2 fully saturated rings. The molecule has 1 aromatic carbocycles. The molecular weight excluding hydrogens is 282 g/mol. The summed E-state index contributed by atoms with van der Waals surface area (Å²) in [5.74, 6) is -0.938. The van der Waals surface area contributed by atoms with Gasteiger partial charge in [0.15, 0.2) is 6.10 Å². The van der Waals surface area contributed by atoms with Crippen molar-refractivity contribution in [1.29, 1.82) is 0 Å². The monoisotopic (exact) mass is 303 g/mol. The van der Waals surface area contributed by atoms with Gasteiger partial charge in [-0.3, -0.25) is 9.59 Å². The van der Waals surface area contributed by atoms with Crippen molar-refractivity contribution in [2.45, 2.75) is 25.4 Å². The third-order valence-corrected chi connectivity index (χ3v) is 5.12. The molecule has 1 saturated heterocycles. The molecule has 1 aromatic rings. The first-order valence-corrected chi connectivity index (χ1v) is 7.67. The van der Waals surface area contributed by atoms with Gasteiger partial charge < -0.3 is 14.7 Å². The van der Waals surface area contributed by atoms with Crippen molar-refractivity contribution in [3.63, 3.8) is 0 Å². The molecule has 0 aromatic heterocycles. The van der Waals surface area contributed by atoms with E-state index in [0.29, 0.717) is 13.1 Å². The maximum Gasteiger partial charge on any atom is 0.307 e. The Kier molecular flexibility index (Phi) is 3.91. The van der Waals surface area contributed by atoms with Crippen LogP contribution in [0.1, 0.15) is 30.9 Å². The number of nitrogens with zero attached hydrogens (tertiary/aromatic N) is 1. The Morgan fingerprint density at radius 3 is 2.41 bits per heavy atom. The molecule has 1 spiro atoms. The van der Waals surface area contributed by atoms with Gasteiger partial charge in [-0.2, -0.15) is 0 Å². The highest BCUT2D eigenvalue weighted by Gasteiger charge is 2.59. The fourth-order valence-corrected chi connectivity index (χ4v) is 3.59. The topological polar surface area (TPSA) is 66.8 Å². The van der Waals surface area contributed by atoms with E-state index < -0.39 is 12.1 Å². The number of carbonyl (C=O) groups excluding carboxylic acids is 1. The van der Waals surface area contributed by atoms with Gasteiger partial charge in [0.25, 0.3) is 5.91 Å². The molecule has 1 heterocycles. The highest BCUT2D eigenvalue weighted by atomic mass is 16.5. The molecule has 2 unspecified atom stereocenters. The molecule has 2 aliphatic rings. The van der Waals surface area contributed by atoms with E-state index in [1.54, 1.807) is 7.11 Å². The van der Waals surface area contributed by atoms with Gasteiger partial charge >= 0.3 is 5.97 Å². The molecule has 1 saturated carbocycles. The van der Waals surface area contributed by atoms with Crippen molar-refractivity contribution in [3.05, 3.63) is 35.9 Å². The standard InChI is InChI=1S/C17H21NO4/c1-22-14(12-5-3-2-4-6-12)15(19)18-9-7-17(8-10-18)11-13(17)16(20)21/h2-6,13-14H,7-11H2,1H3,(H,20,21). The molecule has 118 valence electrons. The number of ether oxygens (including phenoxy) is 1. The van der Waals surface area contributed by atoms with Crippen LogP contribution in [0.2, 0.25) is 0 Å². The molecular formula is C17H21NO4. The number of aliphatic carboxylic acids is 1. The molecule has 0 bridgehead atoms. The normalized spacial score (nSPS) is 24.0. The van der Waals surface area contributed by atoms with Crippen LogP contribution in [0.3, 0.4) is 0 Å². The Hall–Kier alpha value is -1.88. The lowest BCUT2D eigenvalue weighted by atomic mass is 9.90. The van der Waals surface area contributed by atoms with Gasteiger partial charge in [-0.1, -0.05) is 30.3 Å². The first-order chi connectivity index (χ1) is 10.6. The van der Waals surface area contributed by atoms with Crippen molar-refractivity contribution in [2.24, 2.45) is 11.3 Å². The minimum absolute atomic E-state index is 0.0314. The molecule has 1 aliphatic heterocycles. The van der Waals surface area contributed by atoms with E-state index in [0.717, 1.165) is 24.8 Å². The fraction of sp³-hybridized carbons (Fsp3) is 0.529. The SMILES string of the molecule is COC(C(=O)N1CCC2(CC1)CC2C(=O)O)c1ccccc1. The first-order valence-electron chi connectivity index (χ1n) is 7.67. The maximum atomic E-state index is 12.7. The van der Waals surface area contributed by atoms with Gasteiger partial charge in [0.1, 0.15) is 0 Å². The van der Waals surface area contributed by atoms with E-state index in [4.69, 9.17) is 9.84 Å². The fourth-order valence-electron chi connectivity index (χ4n) is 3.59. The quantitative estimate of drug-likeness (QED) is 0.925. The van der Waals surface area contributed by atoms with Crippen LogP contribution in [0, 0.1) is 11.3 Å². The molecule has 1 N–H and O–H groups in total. The number of carboxylic acid groups (broad SMARTS) is 1.